The van der Waals surface area contributed by atoms with Crippen LogP contribution in [0.25, 0.3) is 0 Å². The smallest absolute Gasteiger partial charge is 0.259 e. The van der Waals surface area contributed by atoms with E-state index in [0.29, 0.717) is 11.3 Å². The Kier molecular flexibility index (Phi) is 6.89. The van der Waals surface area contributed by atoms with Gasteiger partial charge in [-0.1, -0.05) is 18.1 Å². The van der Waals surface area contributed by atoms with E-state index in [9.17, 15) is 14.0 Å². The summed E-state index contributed by atoms with van der Waals surface area (Å²) >= 11 is 0. The lowest BCUT2D eigenvalue weighted by Crippen LogP contribution is -2.34. The zero-order valence-electron chi connectivity index (χ0n) is 13.7. The molecule has 132 valence electrons. The van der Waals surface area contributed by atoms with E-state index in [2.05, 4.69) is 21.8 Å². The van der Waals surface area contributed by atoms with Crippen molar-refractivity contribution < 1.29 is 18.7 Å². The van der Waals surface area contributed by atoms with Gasteiger partial charge in [0.1, 0.15) is 18.2 Å². The van der Waals surface area contributed by atoms with E-state index in [4.69, 9.17) is 11.2 Å². The van der Waals surface area contributed by atoms with Gasteiger partial charge in [-0.2, -0.15) is 5.10 Å². The Morgan fingerprint density at radius 3 is 2.65 bits per heavy atom. The zero-order chi connectivity index (χ0) is 18.8. The molecule has 0 aliphatic rings. The molecule has 7 heteroatoms. The highest BCUT2D eigenvalue weighted by Gasteiger charge is 2.07. The Morgan fingerprint density at radius 2 is 1.92 bits per heavy atom. The van der Waals surface area contributed by atoms with Crippen LogP contribution in [0.15, 0.2) is 53.6 Å². The highest BCUT2D eigenvalue weighted by atomic mass is 19.1. The summed E-state index contributed by atoms with van der Waals surface area (Å²) in [5.74, 6) is 1.45. The molecule has 0 fully saturated rings. The maximum Gasteiger partial charge on any atom is 0.259 e. The molecular formula is C19H16FN3O3. The molecule has 0 saturated carbocycles. The number of halogens is 1. The highest BCUT2D eigenvalue weighted by Crippen LogP contribution is 2.15. The predicted octanol–water partition coefficient (Wildman–Crippen LogP) is 1.72. The van der Waals surface area contributed by atoms with Crippen LogP contribution in [0.4, 0.5) is 4.39 Å². The minimum absolute atomic E-state index is 0.118. The fourth-order valence-electron chi connectivity index (χ4n) is 1.92. The topological polar surface area (TPSA) is 79.8 Å². The van der Waals surface area contributed by atoms with Crippen molar-refractivity contribution in [1.29, 1.82) is 0 Å². The van der Waals surface area contributed by atoms with Crippen molar-refractivity contribution >= 4 is 18.0 Å². The Morgan fingerprint density at radius 1 is 1.19 bits per heavy atom. The van der Waals surface area contributed by atoms with Crippen LogP contribution in [0.2, 0.25) is 0 Å². The van der Waals surface area contributed by atoms with Crippen molar-refractivity contribution in [3.63, 3.8) is 0 Å². The van der Waals surface area contributed by atoms with Gasteiger partial charge in [-0.25, -0.2) is 9.82 Å². The Labute approximate surface area is 150 Å². The molecule has 0 saturated heterocycles. The lowest BCUT2D eigenvalue weighted by Gasteiger charge is -2.06. The third-order valence-corrected chi connectivity index (χ3v) is 3.14. The van der Waals surface area contributed by atoms with Crippen LogP contribution < -0.4 is 15.5 Å². The van der Waals surface area contributed by atoms with Gasteiger partial charge >= 0.3 is 0 Å². The normalized spacial score (nSPS) is 10.2. The Balaban J connectivity index is 1.83. The Hall–Kier alpha value is -3.66. The van der Waals surface area contributed by atoms with Gasteiger partial charge in [-0.15, -0.1) is 6.42 Å². The number of hydrogen-bond acceptors (Lipinski definition) is 4. The van der Waals surface area contributed by atoms with Gasteiger partial charge in [-0.3, -0.25) is 9.59 Å². The van der Waals surface area contributed by atoms with Gasteiger partial charge in [-0.05, 0) is 36.4 Å². The molecule has 0 aliphatic carbocycles. The third-order valence-electron chi connectivity index (χ3n) is 3.14. The van der Waals surface area contributed by atoms with Crippen molar-refractivity contribution in [2.75, 3.05) is 13.2 Å². The molecule has 0 aliphatic heterocycles. The molecule has 26 heavy (non-hydrogen) atoms. The monoisotopic (exact) mass is 353 g/mol. The lowest BCUT2D eigenvalue weighted by atomic mass is 10.2. The van der Waals surface area contributed by atoms with Crippen LogP contribution in [0.1, 0.15) is 15.9 Å². The van der Waals surface area contributed by atoms with Gasteiger partial charge in [0.15, 0.2) is 0 Å². The number of hydrogen-bond donors (Lipinski definition) is 2. The lowest BCUT2D eigenvalue weighted by molar-refractivity contribution is -0.120. The van der Waals surface area contributed by atoms with Gasteiger partial charge in [0.25, 0.3) is 11.8 Å². The number of terminal acetylenes is 1. The first-order valence-corrected chi connectivity index (χ1v) is 7.61. The molecule has 0 atom stereocenters. The number of ether oxygens (including phenoxy) is 1. The van der Waals surface area contributed by atoms with E-state index in [-0.39, 0.29) is 18.7 Å². The van der Waals surface area contributed by atoms with Crippen LogP contribution in [0.5, 0.6) is 5.75 Å². The van der Waals surface area contributed by atoms with E-state index in [1.54, 1.807) is 24.3 Å². The number of hydrazone groups is 1. The second-order valence-corrected chi connectivity index (χ2v) is 5.01. The zero-order valence-corrected chi connectivity index (χ0v) is 13.7. The van der Waals surface area contributed by atoms with Crippen LogP contribution in [-0.4, -0.2) is 31.2 Å². The molecule has 0 heterocycles. The fourth-order valence-corrected chi connectivity index (χ4v) is 1.92. The third kappa shape index (κ3) is 5.76. The number of nitrogens with zero attached hydrogens (tertiary/aromatic N) is 1. The molecule has 0 spiro atoms. The molecule has 2 aromatic carbocycles. The first kappa shape index (κ1) is 18.7. The SMILES string of the molecule is C#CCOc1ccccc1/C=N/NC(=O)CNC(=O)c1ccc(F)cc1. The van der Waals surface area contributed by atoms with Crippen molar-refractivity contribution in [3.8, 4) is 18.1 Å². The highest BCUT2D eigenvalue weighted by molar-refractivity contribution is 5.96. The summed E-state index contributed by atoms with van der Waals surface area (Å²) in [6.07, 6.45) is 6.56. The largest absolute Gasteiger partial charge is 0.480 e. The number of nitrogens with one attached hydrogen (secondary N) is 2. The minimum atomic E-state index is -0.515. The average Bonchev–Trinajstić information content (AvgIpc) is 2.66. The quantitative estimate of drug-likeness (QED) is 0.452. The summed E-state index contributed by atoms with van der Waals surface area (Å²) in [7, 11) is 0. The number of carbonyl (C=O) groups is 2. The van der Waals surface area contributed by atoms with Gasteiger partial charge in [0, 0.05) is 11.1 Å². The van der Waals surface area contributed by atoms with Crippen LogP contribution >= 0.6 is 0 Å². The predicted molar refractivity (Wildman–Crippen MR) is 95.2 cm³/mol. The van der Waals surface area contributed by atoms with Crippen molar-refractivity contribution in [2.45, 2.75) is 0 Å². The fraction of sp³-hybridized carbons (Fsp3) is 0.105. The molecule has 0 aromatic heterocycles. The standard InChI is InChI=1S/C19H16FN3O3/c1-2-11-26-17-6-4-3-5-15(17)12-22-23-18(24)13-21-19(25)14-7-9-16(20)10-8-14/h1,3-10,12H,11,13H2,(H,21,25)(H,23,24)/b22-12+. The van der Waals surface area contributed by atoms with Gasteiger partial charge in [0.2, 0.25) is 0 Å². The number of amides is 2. The maximum atomic E-state index is 12.8. The molecule has 2 rings (SSSR count). The van der Waals surface area contributed by atoms with Gasteiger partial charge < -0.3 is 10.1 Å². The molecule has 2 aromatic rings. The summed E-state index contributed by atoms with van der Waals surface area (Å²) in [6.45, 7) is -0.157. The maximum absolute atomic E-state index is 12.8. The summed E-state index contributed by atoms with van der Waals surface area (Å²) in [5.41, 5.74) is 3.18. The van der Waals surface area contributed by atoms with Crippen LogP contribution in [-0.2, 0) is 4.79 Å². The van der Waals surface area contributed by atoms with E-state index >= 15 is 0 Å². The van der Waals surface area contributed by atoms with Crippen molar-refractivity contribution in [2.24, 2.45) is 5.10 Å². The summed E-state index contributed by atoms with van der Waals surface area (Å²) in [4.78, 5) is 23.5. The number of rotatable bonds is 7. The molecule has 2 amide bonds. The summed E-state index contributed by atoms with van der Waals surface area (Å²) in [5, 5.41) is 6.23. The van der Waals surface area contributed by atoms with Crippen LogP contribution in [0, 0.1) is 18.2 Å². The molecule has 0 unspecified atom stereocenters. The summed E-state index contributed by atoms with van der Waals surface area (Å²) in [6, 6.07) is 12.0. The van der Waals surface area contributed by atoms with Crippen molar-refractivity contribution in [3.05, 3.63) is 65.5 Å². The number of para-hydroxylation sites is 1. The first-order valence-electron chi connectivity index (χ1n) is 7.61. The second kappa shape index (κ2) is 9.59. The van der Waals surface area contributed by atoms with E-state index < -0.39 is 17.6 Å². The molecule has 2 N–H and O–H groups in total. The molecular weight excluding hydrogens is 337 g/mol. The number of benzene rings is 2. The van der Waals surface area contributed by atoms with Crippen LogP contribution in [0.3, 0.4) is 0 Å². The van der Waals surface area contributed by atoms with Gasteiger partial charge in [0.05, 0.1) is 12.8 Å². The number of carbonyl (C=O) groups excluding carboxylic acids is 2. The average molecular weight is 353 g/mol. The minimum Gasteiger partial charge on any atom is -0.480 e. The van der Waals surface area contributed by atoms with E-state index in [1.165, 1.54) is 30.5 Å². The van der Waals surface area contributed by atoms with E-state index in [1.807, 2.05) is 0 Å². The molecule has 0 radical (unpaired) electrons. The summed E-state index contributed by atoms with van der Waals surface area (Å²) < 4.78 is 18.2. The second-order valence-electron chi connectivity index (χ2n) is 5.01. The molecule has 0 bridgehead atoms. The Bertz CT molecular complexity index is 842. The van der Waals surface area contributed by atoms with Crippen molar-refractivity contribution in [1.82, 2.24) is 10.7 Å². The van der Waals surface area contributed by atoms with E-state index in [0.717, 1.165) is 0 Å². The first-order chi connectivity index (χ1) is 12.6. The molecule has 6 nitrogen and oxygen atoms in total.